The third-order valence-corrected chi connectivity index (χ3v) is 9.50. The molecule has 4 aromatic rings. The van der Waals surface area contributed by atoms with Gasteiger partial charge in [0.1, 0.15) is 0 Å². The van der Waals surface area contributed by atoms with E-state index < -0.39 is 15.6 Å². The maximum absolute atomic E-state index is 14.0. The summed E-state index contributed by atoms with van der Waals surface area (Å²) in [6.07, 6.45) is 8.41. The second-order valence-electron chi connectivity index (χ2n) is 10.5. The van der Waals surface area contributed by atoms with E-state index in [2.05, 4.69) is 11.1 Å². The van der Waals surface area contributed by atoms with Gasteiger partial charge in [-0.05, 0) is 73.1 Å². The topological polar surface area (TPSA) is 72.2 Å². The molecule has 2 heterocycles. The summed E-state index contributed by atoms with van der Waals surface area (Å²) >= 11 is 0. The predicted octanol–water partition coefficient (Wildman–Crippen LogP) is 6.76. The average molecular weight is 515 g/mol. The molecule has 0 spiro atoms. The van der Waals surface area contributed by atoms with Gasteiger partial charge in [0.15, 0.2) is 5.65 Å². The van der Waals surface area contributed by atoms with Gasteiger partial charge in [-0.3, -0.25) is 0 Å². The second kappa shape index (κ2) is 9.92. The lowest BCUT2D eigenvalue weighted by Crippen LogP contribution is -2.27. The third-order valence-electron chi connectivity index (χ3n) is 7.78. The molecule has 1 aliphatic rings. The highest BCUT2D eigenvalue weighted by Gasteiger charge is 2.29. The van der Waals surface area contributed by atoms with Gasteiger partial charge in [0, 0.05) is 17.2 Å². The molecule has 1 saturated carbocycles. The number of hydrogen-bond donors (Lipinski definition) is 1. The highest BCUT2D eigenvalue weighted by molar-refractivity contribution is 7.90. The van der Waals surface area contributed by atoms with E-state index in [0.717, 1.165) is 34.9 Å². The first kappa shape index (κ1) is 25.4. The van der Waals surface area contributed by atoms with E-state index in [9.17, 15) is 13.5 Å². The Kier molecular flexibility index (Phi) is 6.82. The SMILES string of the molecule is CC(C)C(C)(O)c1ccc(/C(=C\C2CCCC2)c2cc3cccnc3n2S(=O)(=O)c2ccccc2)cc1. The van der Waals surface area contributed by atoms with Crippen molar-refractivity contribution in [3.05, 3.63) is 102 Å². The van der Waals surface area contributed by atoms with Gasteiger partial charge < -0.3 is 5.11 Å². The van der Waals surface area contributed by atoms with Gasteiger partial charge in [-0.25, -0.2) is 17.4 Å². The van der Waals surface area contributed by atoms with Crippen LogP contribution >= 0.6 is 0 Å². The number of aliphatic hydroxyl groups is 1. The fraction of sp³-hybridized carbons (Fsp3) is 0.323. The van der Waals surface area contributed by atoms with Crippen molar-refractivity contribution in [3.8, 4) is 0 Å². The molecule has 1 aliphatic carbocycles. The van der Waals surface area contributed by atoms with Crippen molar-refractivity contribution < 1.29 is 13.5 Å². The minimum absolute atomic E-state index is 0.0523. The molecular formula is C31H34N2O3S. The molecule has 37 heavy (non-hydrogen) atoms. The summed E-state index contributed by atoms with van der Waals surface area (Å²) in [5.74, 6) is 0.434. The average Bonchev–Trinajstić information content (AvgIpc) is 3.56. The summed E-state index contributed by atoms with van der Waals surface area (Å²) in [5.41, 5.74) is 2.70. The normalized spacial score (nSPS) is 16.9. The lowest BCUT2D eigenvalue weighted by atomic mass is 9.84. The number of aromatic nitrogens is 2. The molecule has 0 aliphatic heterocycles. The smallest absolute Gasteiger partial charge is 0.269 e. The Morgan fingerprint density at radius 3 is 2.35 bits per heavy atom. The molecular weight excluding hydrogens is 480 g/mol. The standard InChI is InChI=1S/C31H34N2O3S/c1-22(2)31(3,34)26-17-15-24(16-18-26)28(20-23-10-7-8-11-23)29-21-25-12-9-19-32-30(25)33(29)37(35,36)27-13-5-4-6-14-27/h4-6,9,12-23,34H,7-8,10-11H2,1-3H3/b28-20+. The lowest BCUT2D eigenvalue weighted by molar-refractivity contribution is 0.00905. The zero-order valence-corrected chi connectivity index (χ0v) is 22.4. The summed E-state index contributed by atoms with van der Waals surface area (Å²) < 4.78 is 29.5. The highest BCUT2D eigenvalue weighted by atomic mass is 32.2. The molecule has 0 saturated heterocycles. The van der Waals surface area contributed by atoms with Crippen molar-refractivity contribution in [1.82, 2.24) is 8.96 Å². The molecule has 1 fully saturated rings. The molecule has 0 amide bonds. The van der Waals surface area contributed by atoms with Crippen molar-refractivity contribution in [3.63, 3.8) is 0 Å². The first-order valence-electron chi connectivity index (χ1n) is 13.0. The van der Waals surface area contributed by atoms with E-state index in [-0.39, 0.29) is 10.8 Å². The Morgan fingerprint density at radius 1 is 1.03 bits per heavy atom. The molecule has 0 bridgehead atoms. The Hall–Kier alpha value is -3.22. The molecule has 6 heteroatoms. The maximum atomic E-state index is 14.0. The Balaban J connectivity index is 1.73. The van der Waals surface area contributed by atoms with E-state index in [4.69, 9.17) is 0 Å². The van der Waals surface area contributed by atoms with Crippen LogP contribution in [-0.2, 0) is 15.6 Å². The van der Waals surface area contributed by atoms with Crippen LogP contribution < -0.4 is 0 Å². The first-order valence-corrected chi connectivity index (χ1v) is 14.5. The van der Waals surface area contributed by atoms with Gasteiger partial charge >= 0.3 is 0 Å². The number of nitrogens with zero attached hydrogens (tertiary/aromatic N) is 2. The lowest BCUT2D eigenvalue weighted by Gasteiger charge is -2.28. The zero-order valence-electron chi connectivity index (χ0n) is 21.6. The Bertz CT molecular complexity index is 1530. The van der Waals surface area contributed by atoms with Crippen LogP contribution in [0.1, 0.15) is 63.3 Å². The van der Waals surface area contributed by atoms with Crippen molar-refractivity contribution >= 4 is 26.6 Å². The monoisotopic (exact) mass is 514 g/mol. The highest BCUT2D eigenvalue weighted by Crippen LogP contribution is 2.37. The van der Waals surface area contributed by atoms with Crippen molar-refractivity contribution in [2.75, 3.05) is 0 Å². The molecule has 1 N–H and O–H groups in total. The van der Waals surface area contributed by atoms with Gasteiger partial charge in [-0.1, -0.05) is 75.2 Å². The zero-order chi connectivity index (χ0) is 26.2. The minimum atomic E-state index is -3.91. The molecule has 2 aromatic heterocycles. The largest absolute Gasteiger partial charge is 0.385 e. The summed E-state index contributed by atoms with van der Waals surface area (Å²) in [6, 6.07) is 22.1. The molecule has 5 rings (SSSR count). The van der Waals surface area contributed by atoms with Crippen LogP contribution in [0.4, 0.5) is 0 Å². The van der Waals surface area contributed by atoms with Crippen molar-refractivity contribution in [2.24, 2.45) is 11.8 Å². The molecule has 1 atom stereocenters. The van der Waals surface area contributed by atoms with Gasteiger partial charge in [0.25, 0.3) is 10.0 Å². The number of allylic oxidation sites excluding steroid dienone is 1. The number of rotatable bonds is 7. The second-order valence-corrected chi connectivity index (χ2v) is 12.3. The van der Waals surface area contributed by atoms with E-state index in [1.54, 1.807) is 30.5 Å². The van der Waals surface area contributed by atoms with Gasteiger partial charge in [-0.2, -0.15) is 0 Å². The van der Waals surface area contributed by atoms with Crippen molar-refractivity contribution in [1.29, 1.82) is 0 Å². The summed E-state index contributed by atoms with van der Waals surface area (Å²) in [5, 5.41) is 11.8. The van der Waals surface area contributed by atoms with Gasteiger partial charge in [0.2, 0.25) is 0 Å². The van der Waals surface area contributed by atoms with Gasteiger partial charge in [0.05, 0.1) is 16.2 Å². The van der Waals surface area contributed by atoms with Crippen molar-refractivity contribution in [2.45, 2.75) is 57.0 Å². The van der Waals surface area contributed by atoms with E-state index in [1.807, 2.05) is 69.3 Å². The molecule has 192 valence electrons. The predicted molar refractivity (Wildman–Crippen MR) is 149 cm³/mol. The summed E-state index contributed by atoms with van der Waals surface area (Å²) in [6.45, 7) is 5.83. The van der Waals surface area contributed by atoms with Crippen LogP contribution in [0.25, 0.3) is 16.6 Å². The van der Waals surface area contributed by atoms with Crippen LogP contribution in [0, 0.1) is 11.8 Å². The summed E-state index contributed by atoms with van der Waals surface area (Å²) in [7, 11) is -3.91. The maximum Gasteiger partial charge on any atom is 0.269 e. The number of fused-ring (bicyclic) bond motifs is 1. The minimum Gasteiger partial charge on any atom is -0.385 e. The number of pyridine rings is 1. The van der Waals surface area contributed by atoms with Crippen LogP contribution in [0.2, 0.25) is 0 Å². The Labute approximate surface area is 219 Å². The fourth-order valence-electron chi connectivity index (χ4n) is 5.15. The van der Waals surface area contributed by atoms with Crippen LogP contribution in [0.3, 0.4) is 0 Å². The number of benzene rings is 2. The summed E-state index contributed by atoms with van der Waals surface area (Å²) in [4.78, 5) is 4.72. The Morgan fingerprint density at radius 2 is 1.70 bits per heavy atom. The van der Waals surface area contributed by atoms with Gasteiger partial charge in [-0.15, -0.1) is 0 Å². The molecule has 5 nitrogen and oxygen atoms in total. The first-order chi connectivity index (χ1) is 17.7. The van der Waals surface area contributed by atoms with Crippen LogP contribution in [0.15, 0.2) is 90.0 Å². The van der Waals surface area contributed by atoms with Crippen LogP contribution in [0.5, 0.6) is 0 Å². The molecule has 0 radical (unpaired) electrons. The third kappa shape index (κ3) is 4.76. The van der Waals surface area contributed by atoms with E-state index in [0.29, 0.717) is 17.3 Å². The fourth-order valence-corrected chi connectivity index (χ4v) is 6.65. The van der Waals surface area contributed by atoms with Crippen LogP contribution in [-0.4, -0.2) is 22.5 Å². The number of hydrogen-bond acceptors (Lipinski definition) is 4. The van der Waals surface area contributed by atoms with E-state index >= 15 is 0 Å². The van der Waals surface area contributed by atoms with E-state index in [1.165, 1.54) is 16.8 Å². The quantitative estimate of drug-likeness (QED) is 0.296. The molecule has 2 aromatic carbocycles. The molecule has 1 unspecified atom stereocenters.